The van der Waals surface area contributed by atoms with E-state index in [0.29, 0.717) is 0 Å². The summed E-state index contributed by atoms with van der Waals surface area (Å²) in [7, 11) is 4.74. The molecule has 0 aliphatic carbocycles. The van der Waals surface area contributed by atoms with E-state index >= 15 is 0 Å². The Balaban J connectivity index is 2.30. The molecular formula is CH4SSb2. The molecule has 0 unspecified atom stereocenters. The van der Waals surface area contributed by atoms with Crippen molar-refractivity contribution in [2.24, 2.45) is 0 Å². The van der Waals surface area contributed by atoms with Gasteiger partial charge in [-0.1, -0.05) is 0 Å². The normalized spacial score (nSPS) is 6.25. The molecule has 0 aliphatic heterocycles. The van der Waals surface area contributed by atoms with E-state index in [-0.39, 0.29) is 19.7 Å². The van der Waals surface area contributed by atoms with E-state index in [0.717, 1.165) is 0 Å². The Morgan fingerprint density at radius 2 is 2.25 bits per heavy atom. The zero-order valence-electron chi connectivity index (χ0n) is 2.14. The average Bonchev–Trinajstić information content (AvgIpc) is 1.37. The molecule has 0 aromatic rings. The van der Waals surface area contributed by atoms with Crippen molar-refractivity contribution < 1.29 is 0 Å². The van der Waals surface area contributed by atoms with Crippen LogP contribution in [-0.2, 0) is 0 Å². The zero-order chi connectivity index (χ0) is 3.41. The van der Waals surface area contributed by atoms with Gasteiger partial charge >= 0.3 is 54.2 Å². The first kappa shape index (κ1) is 5.86. The van der Waals surface area contributed by atoms with Crippen molar-refractivity contribution in [2.45, 2.75) is 2.31 Å². The zero-order valence-corrected chi connectivity index (χ0v) is 8.80. The van der Waals surface area contributed by atoms with E-state index in [2.05, 4.69) is 0 Å². The Labute approximate surface area is 53.5 Å². The molecular weight excluding hydrogens is 288 g/mol. The summed E-state index contributed by atoms with van der Waals surface area (Å²) in [6, 6.07) is 0. The first-order valence-corrected chi connectivity index (χ1v) is 8.53. The molecule has 0 bridgehead atoms. The first-order valence-electron chi connectivity index (χ1n) is 0.907. The van der Waals surface area contributed by atoms with Crippen LogP contribution in [0.15, 0.2) is 0 Å². The van der Waals surface area contributed by atoms with Crippen LogP contribution in [0.1, 0.15) is 0 Å². The van der Waals surface area contributed by atoms with Gasteiger partial charge in [0.15, 0.2) is 0 Å². The topological polar surface area (TPSA) is 0 Å². The Hall–Kier alpha value is 1.86. The molecule has 0 fully saturated rings. The second-order valence-corrected chi connectivity index (χ2v) is 10.8. The standard InChI is InChI=1S/CH2.S.2Sb.2H/h1H2;;;;;. The van der Waals surface area contributed by atoms with Crippen LogP contribution in [0.4, 0.5) is 0 Å². The Morgan fingerprint density at radius 1 is 2.00 bits per heavy atom. The molecule has 0 saturated heterocycles. The predicted octanol–water partition coefficient (Wildman–Crippen LogP) is -0.188. The van der Waals surface area contributed by atoms with Gasteiger partial charge in [-0.15, -0.1) is 0 Å². The molecule has 0 heterocycles. The van der Waals surface area contributed by atoms with Crippen molar-refractivity contribution in [3.05, 3.63) is 0 Å². The van der Waals surface area contributed by atoms with Crippen LogP contribution in [0.2, 0.25) is 2.31 Å². The van der Waals surface area contributed by atoms with E-state index in [1.165, 1.54) is 25.3 Å². The number of hydrogen-bond acceptors (Lipinski definition) is 1. The van der Waals surface area contributed by atoms with E-state index in [1.807, 2.05) is 0 Å². The quantitative estimate of drug-likeness (QED) is 0.604. The average molecular weight is 292 g/mol. The van der Waals surface area contributed by atoms with Crippen molar-refractivity contribution >= 4 is 51.9 Å². The third-order valence-corrected chi connectivity index (χ3v) is 10.1. The number of rotatable bonds is 1. The molecule has 0 aromatic heterocycles. The molecule has 0 N–H and O–H groups in total. The van der Waals surface area contributed by atoms with Gasteiger partial charge in [-0.25, -0.2) is 0 Å². The fourth-order valence-electron chi connectivity index (χ4n) is 0. The van der Waals surface area contributed by atoms with E-state index in [1.54, 1.807) is 0 Å². The van der Waals surface area contributed by atoms with Gasteiger partial charge in [0.05, 0.1) is 0 Å². The first-order chi connectivity index (χ1) is 1.91. The van der Waals surface area contributed by atoms with Gasteiger partial charge in [0.2, 0.25) is 0 Å². The Morgan fingerprint density at radius 3 is 2.25 bits per heavy atom. The van der Waals surface area contributed by atoms with Gasteiger partial charge in [-0.2, -0.15) is 0 Å². The monoisotopic (exact) mass is 290 g/mol. The van der Waals surface area contributed by atoms with Gasteiger partial charge in [0.1, 0.15) is 0 Å². The molecule has 0 radical (unpaired) electrons. The van der Waals surface area contributed by atoms with Crippen molar-refractivity contribution in [2.75, 3.05) is 0 Å². The van der Waals surface area contributed by atoms with Gasteiger partial charge in [0, 0.05) is 0 Å². The molecule has 0 saturated carbocycles. The second kappa shape index (κ2) is 4.86. The van der Waals surface area contributed by atoms with Gasteiger partial charge in [-0.3, -0.25) is 0 Å². The van der Waals surface area contributed by atoms with Crippen LogP contribution in [0.3, 0.4) is 0 Å². The number of hydrogen-bond donors (Lipinski definition) is 0. The van der Waals surface area contributed by atoms with Gasteiger partial charge < -0.3 is 0 Å². The van der Waals surface area contributed by atoms with E-state index < -0.39 is 0 Å². The maximum absolute atomic E-state index is 4.74. The summed E-state index contributed by atoms with van der Waals surface area (Å²) in [4.78, 5) is 0. The van der Waals surface area contributed by atoms with Crippen LogP contribution in [0.25, 0.3) is 0 Å². The molecule has 3 heteroatoms. The summed E-state index contributed by atoms with van der Waals surface area (Å²) < 4.78 is 1.41. The molecule has 0 nitrogen and oxygen atoms in total. The molecule has 0 spiro atoms. The summed E-state index contributed by atoms with van der Waals surface area (Å²) >= 11 is 1.40. The molecule has 0 aromatic carbocycles. The van der Waals surface area contributed by atoms with Gasteiger partial charge in [0.25, 0.3) is 0 Å². The summed E-state index contributed by atoms with van der Waals surface area (Å²) in [6.45, 7) is 0. The van der Waals surface area contributed by atoms with Gasteiger partial charge in [-0.05, 0) is 0 Å². The molecule has 24 valence electrons. The van der Waals surface area contributed by atoms with Crippen molar-refractivity contribution in [3.8, 4) is 0 Å². The molecule has 0 amide bonds. The molecule has 0 atom stereocenters. The van der Waals surface area contributed by atoms with Crippen LogP contribution in [0, 0.1) is 0 Å². The van der Waals surface area contributed by atoms with Crippen LogP contribution >= 0.6 is 9.19 Å². The summed E-state index contributed by atoms with van der Waals surface area (Å²) in [5.41, 5.74) is 0. The van der Waals surface area contributed by atoms with Crippen LogP contribution in [0.5, 0.6) is 0 Å². The van der Waals surface area contributed by atoms with Crippen molar-refractivity contribution in [1.29, 1.82) is 0 Å². The third kappa shape index (κ3) is 3.86. The summed E-state index contributed by atoms with van der Waals surface area (Å²) in [5, 5.41) is 0. The maximum atomic E-state index is 4.74. The predicted molar refractivity (Wildman–Crippen MR) is 26.7 cm³/mol. The SMILES string of the molecule is [S]=[Sb][CH2][SbH2]. The van der Waals surface area contributed by atoms with Crippen molar-refractivity contribution in [3.63, 3.8) is 0 Å². The minimum absolute atomic E-state index is 0.00611. The Kier molecular flexibility index (Phi) is 7.11. The van der Waals surface area contributed by atoms with Crippen LogP contribution in [-0.4, -0.2) is 42.7 Å². The molecule has 0 rings (SSSR count). The molecule has 0 aliphatic rings. The summed E-state index contributed by atoms with van der Waals surface area (Å²) in [6.07, 6.45) is 0. The third-order valence-electron chi connectivity index (χ3n) is 0.0745. The summed E-state index contributed by atoms with van der Waals surface area (Å²) in [5.74, 6) is 0. The van der Waals surface area contributed by atoms with E-state index in [4.69, 9.17) is 9.19 Å². The van der Waals surface area contributed by atoms with E-state index in [9.17, 15) is 0 Å². The Bertz CT molecular complexity index is 20.0. The second-order valence-electron chi connectivity index (χ2n) is 0.312. The minimum atomic E-state index is -0.00611. The fourth-order valence-corrected chi connectivity index (χ4v) is 0. The van der Waals surface area contributed by atoms with Crippen molar-refractivity contribution in [1.82, 2.24) is 0 Å². The fraction of sp³-hybridized carbons (Fsp3) is 1.00. The molecule has 4 heavy (non-hydrogen) atoms. The van der Waals surface area contributed by atoms with Crippen LogP contribution < -0.4 is 0 Å².